The zero-order chi connectivity index (χ0) is 17.8. The Hall–Kier alpha value is -2.39. The van der Waals surface area contributed by atoms with Crippen molar-refractivity contribution in [3.8, 4) is 5.69 Å². The molecule has 0 radical (unpaired) electrons. The maximum absolute atomic E-state index is 14.1. The molecule has 1 atom stereocenters. The van der Waals surface area contributed by atoms with Gasteiger partial charge in [-0.25, -0.2) is 4.39 Å². The first kappa shape index (κ1) is 17.4. The SMILES string of the molecule is CNC1CCCN(CC(=O)Nc2cc(-n3nnnc3C)ccc2F)C1. The topological polar surface area (TPSA) is 88.0 Å². The lowest BCUT2D eigenvalue weighted by atomic mass is 10.1. The summed E-state index contributed by atoms with van der Waals surface area (Å²) in [6, 6.07) is 4.79. The molecule has 1 aliphatic rings. The number of piperidine rings is 1. The van der Waals surface area contributed by atoms with Crippen molar-refractivity contribution >= 4 is 11.6 Å². The van der Waals surface area contributed by atoms with Gasteiger partial charge in [-0.15, -0.1) is 5.10 Å². The highest BCUT2D eigenvalue weighted by Crippen LogP contribution is 2.19. The van der Waals surface area contributed by atoms with Crippen LogP contribution in [0.1, 0.15) is 18.7 Å². The van der Waals surface area contributed by atoms with E-state index in [9.17, 15) is 9.18 Å². The van der Waals surface area contributed by atoms with E-state index in [1.807, 2.05) is 7.05 Å². The van der Waals surface area contributed by atoms with Crippen molar-refractivity contribution in [2.24, 2.45) is 0 Å². The Morgan fingerprint density at radius 1 is 1.44 bits per heavy atom. The molecule has 1 unspecified atom stereocenters. The molecule has 2 heterocycles. The van der Waals surface area contributed by atoms with Crippen LogP contribution in [-0.4, -0.2) is 63.7 Å². The molecule has 2 aromatic rings. The fraction of sp³-hybridized carbons (Fsp3) is 0.500. The molecule has 1 saturated heterocycles. The molecule has 1 aliphatic heterocycles. The molecular formula is C16H22FN7O. The number of nitrogens with one attached hydrogen (secondary N) is 2. The van der Waals surface area contributed by atoms with Crippen molar-refractivity contribution in [2.45, 2.75) is 25.8 Å². The summed E-state index contributed by atoms with van der Waals surface area (Å²) in [5.74, 6) is -0.147. The highest BCUT2D eigenvalue weighted by molar-refractivity contribution is 5.92. The lowest BCUT2D eigenvalue weighted by Crippen LogP contribution is -2.46. The van der Waals surface area contributed by atoms with Gasteiger partial charge in [-0.05, 0) is 62.0 Å². The minimum Gasteiger partial charge on any atom is -0.322 e. The third kappa shape index (κ3) is 4.18. The van der Waals surface area contributed by atoms with Gasteiger partial charge in [0, 0.05) is 12.6 Å². The van der Waals surface area contributed by atoms with Gasteiger partial charge in [-0.3, -0.25) is 9.69 Å². The molecule has 0 bridgehead atoms. The Morgan fingerprint density at radius 2 is 2.28 bits per heavy atom. The van der Waals surface area contributed by atoms with Crippen LogP contribution in [0.15, 0.2) is 18.2 Å². The van der Waals surface area contributed by atoms with Gasteiger partial charge in [0.1, 0.15) is 5.82 Å². The Balaban J connectivity index is 1.67. The van der Waals surface area contributed by atoms with Crippen LogP contribution in [0.2, 0.25) is 0 Å². The number of carbonyl (C=O) groups is 1. The summed E-state index contributed by atoms with van der Waals surface area (Å²) < 4.78 is 15.6. The molecule has 134 valence electrons. The number of hydrogen-bond acceptors (Lipinski definition) is 6. The summed E-state index contributed by atoms with van der Waals surface area (Å²) in [5, 5.41) is 17.1. The minimum absolute atomic E-state index is 0.125. The molecule has 1 fully saturated rings. The van der Waals surface area contributed by atoms with Gasteiger partial charge in [0.2, 0.25) is 5.91 Å². The zero-order valence-corrected chi connectivity index (χ0v) is 14.4. The number of nitrogens with zero attached hydrogens (tertiary/aromatic N) is 5. The summed E-state index contributed by atoms with van der Waals surface area (Å²) in [5.41, 5.74) is 0.715. The van der Waals surface area contributed by atoms with Gasteiger partial charge in [-0.1, -0.05) is 0 Å². The van der Waals surface area contributed by atoms with Gasteiger partial charge in [0.25, 0.3) is 0 Å². The normalized spacial score (nSPS) is 18.3. The largest absolute Gasteiger partial charge is 0.322 e. The average Bonchev–Trinajstić information content (AvgIpc) is 3.03. The van der Waals surface area contributed by atoms with E-state index in [1.54, 1.807) is 13.0 Å². The van der Waals surface area contributed by atoms with Crippen LogP contribution in [0.4, 0.5) is 10.1 Å². The van der Waals surface area contributed by atoms with Crippen molar-refractivity contribution in [2.75, 3.05) is 32.0 Å². The number of benzene rings is 1. The minimum atomic E-state index is -0.491. The van der Waals surface area contributed by atoms with E-state index < -0.39 is 5.82 Å². The van der Waals surface area contributed by atoms with E-state index in [1.165, 1.54) is 16.8 Å². The number of aromatic nitrogens is 4. The average molecular weight is 347 g/mol. The second-order valence-corrected chi connectivity index (χ2v) is 6.21. The molecule has 3 rings (SSSR count). The monoisotopic (exact) mass is 347 g/mol. The van der Waals surface area contributed by atoms with Gasteiger partial charge >= 0.3 is 0 Å². The number of hydrogen-bond donors (Lipinski definition) is 2. The first-order valence-electron chi connectivity index (χ1n) is 8.31. The van der Waals surface area contributed by atoms with E-state index >= 15 is 0 Å². The molecule has 1 amide bonds. The van der Waals surface area contributed by atoms with Crippen LogP contribution >= 0.6 is 0 Å². The van der Waals surface area contributed by atoms with E-state index in [2.05, 4.69) is 31.1 Å². The van der Waals surface area contributed by atoms with Crippen LogP contribution in [0.5, 0.6) is 0 Å². The fourth-order valence-corrected chi connectivity index (χ4v) is 3.04. The highest BCUT2D eigenvalue weighted by Gasteiger charge is 2.21. The molecule has 2 N–H and O–H groups in total. The Bertz CT molecular complexity index is 748. The van der Waals surface area contributed by atoms with Crippen molar-refractivity contribution in [1.82, 2.24) is 30.4 Å². The van der Waals surface area contributed by atoms with Crippen molar-refractivity contribution < 1.29 is 9.18 Å². The molecule has 25 heavy (non-hydrogen) atoms. The standard InChI is InChI=1S/C16H22FN7O/c1-11-20-21-22-24(11)13-5-6-14(17)15(8-13)19-16(25)10-23-7-3-4-12(9-23)18-2/h5-6,8,12,18H,3-4,7,9-10H2,1-2H3,(H,19,25). The van der Waals surface area contributed by atoms with Gasteiger partial charge in [0.05, 0.1) is 17.9 Å². The van der Waals surface area contributed by atoms with Crippen molar-refractivity contribution in [1.29, 1.82) is 0 Å². The van der Waals surface area contributed by atoms with E-state index in [4.69, 9.17) is 0 Å². The Kier molecular flexibility index (Phi) is 5.34. The third-order valence-electron chi connectivity index (χ3n) is 4.37. The smallest absolute Gasteiger partial charge is 0.238 e. The van der Waals surface area contributed by atoms with Crippen LogP contribution in [-0.2, 0) is 4.79 Å². The first-order valence-corrected chi connectivity index (χ1v) is 8.31. The number of amides is 1. The summed E-state index contributed by atoms with van der Waals surface area (Å²) in [4.78, 5) is 14.4. The second kappa shape index (κ2) is 7.66. The van der Waals surface area contributed by atoms with Gasteiger partial charge < -0.3 is 10.6 Å². The number of rotatable bonds is 5. The lowest BCUT2D eigenvalue weighted by Gasteiger charge is -2.31. The van der Waals surface area contributed by atoms with E-state index in [-0.39, 0.29) is 18.1 Å². The quantitative estimate of drug-likeness (QED) is 0.829. The van der Waals surface area contributed by atoms with Crippen molar-refractivity contribution in [3.63, 3.8) is 0 Å². The fourth-order valence-electron chi connectivity index (χ4n) is 3.04. The predicted molar refractivity (Wildman–Crippen MR) is 91.0 cm³/mol. The number of aryl methyl sites for hydroxylation is 1. The molecule has 1 aromatic heterocycles. The summed E-state index contributed by atoms with van der Waals surface area (Å²) in [7, 11) is 1.93. The van der Waals surface area contributed by atoms with E-state index in [0.717, 1.165) is 25.9 Å². The van der Waals surface area contributed by atoms with Crippen LogP contribution in [0.3, 0.4) is 0 Å². The Labute approximate surface area is 145 Å². The number of carbonyl (C=O) groups excluding carboxylic acids is 1. The molecule has 1 aromatic carbocycles. The Morgan fingerprint density at radius 3 is 3.00 bits per heavy atom. The van der Waals surface area contributed by atoms with Crippen LogP contribution in [0, 0.1) is 12.7 Å². The predicted octanol–water partition coefficient (Wildman–Crippen LogP) is 0.732. The molecule has 0 saturated carbocycles. The number of likely N-dealkylation sites (N-methyl/N-ethyl adjacent to an activating group) is 1. The van der Waals surface area contributed by atoms with Crippen LogP contribution < -0.4 is 10.6 Å². The lowest BCUT2D eigenvalue weighted by molar-refractivity contribution is -0.117. The highest BCUT2D eigenvalue weighted by atomic mass is 19.1. The molecule has 0 aliphatic carbocycles. The summed E-state index contributed by atoms with van der Waals surface area (Å²) in [6.45, 7) is 3.68. The second-order valence-electron chi connectivity index (χ2n) is 6.21. The number of halogens is 1. The summed E-state index contributed by atoms with van der Waals surface area (Å²) in [6.07, 6.45) is 2.15. The van der Waals surface area contributed by atoms with E-state index in [0.29, 0.717) is 17.6 Å². The molecule has 0 spiro atoms. The first-order chi connectivity index (χ1) is 12.1. The van der Waals surface area contributed by atoms with Gasteiger partial charge in [0.15, 0.2) is 5.82 Å². The van der Waals surface area contributed by atoms with Crippen molar-refractivity contribution in [3.05, 3.63) is 29.8 Å². The molecular weight excluding hydrogens is 325 g/mol. The number of likely N-dealkylation sites (tertiary alicyclic amines) is 1. The summed E-state index contributed by atoms with van der Waals surface area (Å²) >= 11 is 0. The maximum Gasteiger partial charge on any atom is 0.238 e. The zero-order valence-electron chi connectivity index (χ0n) is 14.4. The third-order valence-corrected chi connectivity index (χ3v) is 4.37. The number of anilines is 1. The van der Waals surface area contributed by atoms with Gasteiger partial charge in [-0.2, -0.15) is 4.68 Å². The van der Waals surface area contributed by atoms with Crippen LogP contribution in [0.25, 0.3) is 5.69 Å². The molecule has 9 heteroatoms. The maximum atomic E-state index is 14.1. The number of tetrazole rings is 1. The molecule has 8 nitrogen and oxygen atoms in total.